The summed E-state index contributed by atoms with van der Waals surface area (Å²) in [7, 11) is 0. The van der Waals surface area contributed by atoms with Gasteiger partial charge in [-0.25, -0.2) is 0 Å². The molecule has 238 valence electrons. The number of aromatic nitrogens is 3. The third-order valence-corrected chi connectivity index (χ3v) is 11.8. The van der Waals surface area contributed by atoms with E-state index in [1.165, 1.54) is 93.5 Å². The van der Waals surface area contributed by atoms with Crippen LogP contribution in [0.4, 0.5) is 0 Å². The van der Waals surface area contributed by atoms with Gasteiger partial charge in [0.05, 0.1) is 28.3 Å². The Balaban J connectivity index is 1.29. The highest BCUT2D eigenvalue weighted by Gasteiger charge is 2.34. The molecule has 1 unspecified atom stereocenters. The average molecular weight is 650 g/mol. The molecule has 0 aliphatic heterocycles. The maximum atomic E-state index is 4.57. The second-order valence-electron chi connectivity index (χ2n) is 14.2. The standard InChI is InChI=1S/C48H31N3/c1-2-11-30(12-3-1)50-44-23-19-31(26-42(44)37-24-25-49-28-45(37)50)51-47-32-13-5-4-10-29(32)18-20-40(47)43-27-41-35-16-7-6-14-33(35)36-21-22-39(41)46(48(43)51)38-17-9-8-15-34(36)38/h1-20,23-28,36H,21-22H2. The smallest absolute Gasteiger partial charge is 0.0724 e. The molecule has 3 heterocycles. The van der Waals surface area contributed by atoms with Crippen LogP contribution in [-0.4, -0.2) is 14.1 Å². The lowest BCUT2D eigenvalue weighted by Gasteiger charge is -2.25. The Labute approximate surface area is 294 Å². The first-order chi connectivity index (χ1) is 25.3. The normalized spacial score (nSPS) is 14.7. The Morgan fingerprint density at radius 2 is 1.27 bits per heavy atom. The third-order valence-electron chi connectivity index (χ3n) is 11.8. The molecule has 3 nitrogen and oxygen atoms in total. The molecule has 2 bridgehead atoms. The zero-order chi connectivity index (χ0) is 33.2. The predicted molar refractivity (Wildman–Crippen MR) is 211 cm³/mol. The maximum absolute atomic E-state index is 4.57. The summed E-state index contributed by atoms with van der Waals surface area (Å²) in [6.45, 7) is 0. The van der Waals surface area contributed by atoms with Crippen molar-refractivity contribution in [2.45, 2.75) is 18.8 Å². The van der Waals surface area contributed by atoms with Crippen molar-refractivity contribution in [2.75, 3.05) is 0 Å². The Morgan fingerprint density at radius 3 is 2.18 bits per heavy atom. The minimum Gasteiger partial charge on any atom is -0.308 e. The summed E-state index contributed by atoms with van der Waals surface area (Å²) in [5.74, 6) is 0.366. The lowest BCUT2D eigenvalue weighted by molar-refractivity contribution is 0.736. The highest BCUT2D eigenvalue weighted by atomic mass is 15.0. The third kappa shape index (κ3) is 3.60. The van der Waals surface area contributed by atoms with Crippen LogP contribution in [0.1, 0.15) is 29.0 Å². The second kappa shape index (κ2) is 10.1. The Morgan fingerprint density at radius 1 is 0.490 bits per heavy atom. The number of nitrogens with zero attached hydrogens (tertiary/aromatic N) is 3. The van der Waals surface area contributed by atoms with Crippen LogP contribution < -0.4 is 0 Å². The molecular formula is C48H31N3. The van der Waals surface area contributed by atoms with E-state index in [0.717, 1.165) is 24.0 Å². The van der Waals surface area contributed by atoms with Crippen LogP contribution in [0.2, 0.25) is 0 Å². The van der Waals surface area contributed by atoms with E-state index in [0.29, 0.717) is 5.92 Å². The summed E-state index contributed by atoms with van der Waals surface area (Å²) in [5.41, 5.74) is 17.1. The summed E-state index contributed by atoms with van der Waals surface area (Å²) in [6.07, 6.45) is 6.08. The van der Waals surface area contributed by atoms with Gasteiger partial charge in [-0.15, -0.1) is 0 Å². The molecular weight excluding hydrogens is 619 g/mol. The van der Waals surface area contributed by atoms with Crippen LogP contribution in [0.15, 0.2) is 158 Å². The van der Waals surface area contributed by atoms with Gasteiger partial charge in [-0.1, -0.05) is 103 Å². The monoisotopic (exact) mass is 649 g/mol. The number of para-hydroxylation sites is 1. The molecule has 3 aromatic heterocycles. The van der Waals surface area contributed by atoms with E-state index >= 15 is 0 Å². The van der Waals surface area contributed by atoms with E-state index in [1.807, 2.05) is 12.4 Å². The molecule has 0 saturated carbocycles. The first kappa shape index (κ1) is 27.4. The SMILES string of the molecule is c1ccc(-n2c3ccc(-n4c5c6c7c(cc5c5ccc8ccccc8c54)-c4ccccc4C(CC7)c4ccccc4-6)cc3c3ccncc32)cc1. The van der Waals surface area contributed by atoms with E-state index in [2.05, 4.69) is 160 Å². The first-order valence-corrected chi connectivity index (χ1v) is 18.0. The average Bonchev–Trinajstić information content (AvgIpc) is 3.57. The summed E-state index contributed by atoms with van der Waals surface area (Å²) in [6, 6.07) is 54.4. The van der Waals surface area contributed by atoms with Crippen molar-refractivity contribution in [3.05, 3.63) is 175 Å². The van der Waals surface area contributed by atoms with E-state index in [9.17, 15) is 0 Å². The van der Waals surface area contributed by atoms with Crippen LogP contribution in [0.5, 0.6) is 0 Å². The molecule has 12 rings (SSSR count). The highest BCUT2D eigenvalue weighted by molar-refractivity contribution is 6.23. The van der Waals surface area contributed by atoms with Crippen molar-refractivity contribution in [2.24, 2.45) is 0 Å². The van der Waals surface area contributed by atoms with Gasteiger partial charge < -0.3 is 9.13 Å². The molecule has 0 fully saturated rings. The number of rotatable bonds is 2. The van der Waals surface area contributed by atoms with Gasteiger partial charge in [-0.3, -0.25) is 4.98 Å². The molecule has 0 N–H and O–H groups in total. The number of hydrogen-bond donors (Lipinski definition) is 0. The van der Waals surface area contributed by atoms with Crippen LogP contribution in [0.3, 0.4) is 0 Å². The van der Waals surface area contributed by atoms with Crippen LogP contribution in [0, 0.1) is 0 Å². The molecule has 2 aliphatic carbocycles. The van der Waals surface area contributed by atoms with Crippen molar-refractivity contribution in [3.8, 4) is 33.6 Å². The summed E-state index contributed by atoms with van der Waals surface area (Å²) in [4.78, 5) is 4.57. The van der Waals surface area contributed by atoms with Gasteiger partial charge in [-0.05, 0) is 94.1 Å². The molecule has 0 amide bonds. The van der Waals surface area contributed by atoms with Crippen molar-refractivity contribution in [1.29, 1.82) is 0 Å². The van der Waals surface area contributed by atoms with Gasteiger partial charge in [0.2, 0.25) is 0 Å². The van der Waals surface area contributed by atoms with Gasteiger partial charge in [0, 0.05) is 56.0 Å². The van der Waals surface area contributed by atoms with Gasteiger partial charge in [-0.2, -0.15) is 0 Å². The zero-order valence-corrected chi connectivity index (χ0v) is 27.8. The Hall–Kier alpha value is -6.45. The van der Waals surface area contributed by atoms with Crippen molar-refractivity contribution in [3.63, 3.8) is 0 Å². The van der Waals surface area contributed by atoms with Gasteiger partial charge >= 0.3 is 0 Å². The van der Waals surface area contributed by atoms with Crippen molar-refractivity contribution in [1.82, 2.24) is 14.1 Å². The molecule has 3 heteroatoms. The Bertz CT molecular complexity index is 3090. The van der Waals surface area contributed by atoms with Gasteiger partial charge in [0.25, 0.3) is 0 Å². The lowest BCUT2D eigenvalue weighted by Crippen LogP contribution is -2.05. The molecule has 0 saturated heterocycles. The molecule has 51 heavy (non-hydrogen) atoms. The van der Waals surface area contributed by atoms with Crippen molar-refractivity contribution < 1.29 is 0 Å². The predicted octanol–water partition coefficient (Wildman–Crippen LogP) is 12.2. The fourth-order valence-corrected chi connectivity index (χ4v) is 9.72. The molecule has 0 radical (unpaired) electrons. The van der Waals surface area contributed by atoms with Crippen LogP contribution >= 0.6 is 0 Å². The van der Waals surface area contributed by atoms with Crippen LogP contribution in [-0.2, 0) is 6.42 Å². The van der Waals surface area contributed by atoms with E-state index in [1.54, 1.807) is 0 Å². The van der Waals surface area contributed by atoms with Crippen molar-refractivity contribution >= 4 is 54.4 Å². The highest BCUT2D eigenvalue weighted by Crippen LogP contribution is 2.54. The number of benzene rings is 7. The lowest BCUT2D eigenvalue weighted by atomic mass is 9.80. The van der Waals surface area contributed by atoms with Crippen LogP contribution in [0.25, 0.3) is 88.0 Å². The minimum atomic E-state index is 0.366. The quantitative estimate of drug-likeness (QED) is 0.183. The largest absolute Gasteiger partial charge is 0.308 e. The fraction of sp³-hybridized carbons (Fsp3) is 0.0625. The number of hydrogen-bond acceptors (Lipinski definition) is 1. The molecule has 1 atom stereocenters. The Kier molecular flexibility index (Phi) is 5.40. The first-order valence-electron chi connectivity index (χ1n) is 18.0. The minimum absolute atomic E-state index is 0.366. The fourth-order valence-electron chi connectivity index (χ4n) is 9.72. The van der Waals surface area contributed by atoms with E-state index in [-0.39, 0.29) is 0 Å². The van der Waals surface area contributed by atoms with Gasteiger partial charge in [0.15, 0.2) is 0 Å². The zero-order valence-electron chi connectivity index (χ0n) is 27.8. The molecule has 0 spiro atoms. The van der Waals surface area contributed by atoms with E-state index < -0.39 is 0 Å². The second-order valence-corrected chi connectivity index (χ2v) is 14.2. The summed E-state index contributed by atoms with van der Waals surface area (Å²) >= 11 is 0. The summed E-state index contributed by atoms with van der Waals surface area (Å²) < 4.78 is 4.95. The molecule has 10 aromatic rings. The molecule has 7 aromatic carbocycles. The topological polar surface area (TPSA) is 22.8 Å². The molecule has 2 aliphatic rings. The number of pyridine rings is 1. The maximum Gasteiger partial charge on any atom is 0.0724 e. The number of fused-ring (bicyclic) bond motifs is 17. The van der Waals surface area contributed by atoms with Gasteiger partial charge in [0.1, 0.15) is 0 Å². The van der Waals surface area contributed by atoms with E-state index in [4.69, 9.17) is 0 Å². The summed E-state index contributed by atoms with van der Waals surface area (Å²) in [5, 5.41) is 7.56.